The van der Waals surface area contributed by atoms with E-state index in [9.17, 15) is 0 Å². The van der Waals surface area contributed by atoms with Gasteiger partial charge < -0.3 is 24.8 Å². The van der Waals surface area contributed by atoms with Crippen molar-refractivity contribution in [1.29, 1.82) is 0 Å². The lowest BCUT2D eigenvalue weighted by atomic mass is 10.3. The molecule has 34 heavy (non-hydrogen) atoms. The molecule has 7 heteroatoms. The van der Waals surface area contributed by atoms with E-state index in [0.717, 1.165) is 34.3 Å². The first-order valence-electron chi connectivity index (χ1n) is 11.3. The number of anilines is 2. The Bertz CT molecular complexity index is 1030. The van der Waals surface area contributed by atoms with E-state index >= 15 is 0 Å². The van der Waals surface area contributed by atoms with Gasteiger partial charge in [-0.25, -0.2) is 0 Å². The zero-order chi connectivity index (χ0) is 24.2. The number of benzene rings is 3. The summed E-state index contributed by atoms with van der Waals surface area (Å²) in [5.41, 5.74) is 2.47. The third kappa shape index (κ3) is 7.74. The lowest BCUT2D eigenvalue weighted by Crippen LogP contribution is -2.12. The van der Waals surface area contributed by atoms with Crippen molar-refractivity contribution in [3.8, 4) is 17.2 Å². The Balaban J connectivity index is 1.82. The second-order valence-corrected chi connectivity index (χ2v) is 7.48. The number of halogens is 1. The van der Waals surface area contributed by atoms with E-state index in [1.807, 2.05) is 93.6 Å². The summed E-state index contributed by atoms with van der Waals surface area (Å²) < 4.78 is 16.5. The lowest BCUT2D eigenvalue weighted by Gasteiger charge is -2.16. The largest absolute Gasteiger partial charge is 0.494 e. The van der Waals surface area contributed by atoms with Gasteiger partial charge in [-0.15, -0.1) is 0 Å². The van der Waals surface area contributed by atoms with Crippen LogP contribution < -0.4 is 24.8 Å². The maximum absolute atomic E-state index is 6.67. The number of nitrogens with one attached hydrogen (secondary N) is 2. The van der Waals surface area contributed by atoms with Gasteiger partial charge in [0.25, 0.3) is 0 Å². The van der Waals surface area contributed by atoms with Crippen molar-refractivity contribution in [3.63, 3.8) is 0 Å². The number of rotatable bonds is 12. The Labute approximate surface area is 206 Å². The van der Waals surface area contributed by atoms with Gasteiger partial charge >= 0.3 is 0 Å². The van der Waals surface area contributed by atoms with Gasteiger partial charge in [0.05, 0.1) is 30.5 Å². The summed E-state index contributed by atoms with van der Waals surface area (Å²) in [6, 6.07) is 22.9. The highest BCUT2D eigenvalue weighted by molar-refractivity contribution is 6.40. The fourth-order valence-corrected chi connectivity index (χ4v) is 3.18. The first kappa shape index (κ1) is 25.0. The molecular formula is C27H30ClN3O3. The van der Waals surface area contributed by atoms with Crippen LogP contribution in [0.3, 0.4) is 0 Å². The Hall–Kier alpha value is -3.64. The van der Waals surface area contributed by atoms with Crippen molar-refractivity contribution < 1.29 is 14.2 Å². The fourth-order valence-electron chi connectivity index (χ4n) is 3.03. The molecule has 0 aliphatic carbocycles. The van der Waals surface area contributed by atoms with E-state index in [1.54, 1.807) is 6.21 Å². The predicted molar refractivity (Wildman–Crippen MR) is 141 cm³/mol. The van der Waals surface area contributed by atoms with Crippen LogP contribution >= 0.6 is 11.6 Å². The first-order chi connectivity index (χ1) is 16.6. The van der Waals surface area contributed by atoms with Crippen LogP contribution in [0, 0.1) is 0 Å². The van der Waals surface area contributed by atoms with Gasteiger partial charge in [0.15, 0.2) is 0 Å². The summed E-state index contributed by atoms with van der Waals surface area (Å²) >= 11 is 6.67. The van der Waals surface area contributed by atoms with Crippen molar-refractivity contribution in [2.24, 2.45) is 4.99 Å². The third-order valence-electron chi connectivity index (χ3n) is 4.58. The monoisotopic (exact) mass is 479 g/mol. The quantitative estimate of drug-likeness (QED) is 0.268. The molecule has 6 nitrogen and oxygen atoms in total. The van der Waals surface area contributed by atoms with Crippen LogP contribution in [0.1, 0.15) is 20.8 Å². The number of nitrogens with zero attached hydrogens (tertiary/aromatic N) is 1. The van der Waals surface area contributed by atoms with Crippen molar-refractivity contribution >= 4 is 34.9 Å². The highest BCUT2D eigenvalue weighted by Gasteiger charge is 2.07. The number of allylic oxidation sites excluding steroid dienone is 1. The lowest BCUT2D eigenvalue weighted by molar-refractivity contribution is 0.340. The molecule has 0 aromatic heterocycles. The molecule has 0 unspecified atom stereocenters. The van der Waals surface area contributed by atoms with Crippen LogP contribution in [0.4, 0.5) is 17.1 Å². The summed E-state index contributed by atoms with van der Waals surface area (Å²) in [4.78, 5) is 4.50. The molecule has 0 amide bonds. The fraction of sp³-hybridized carbons (Fsp3) is 0.222. The van der Waals surface area contributed by atoms with E-state index in [1.165, 1.54) is 0 Å². The molecular weight excluding hydrogens is 450 g/mol. The second kappa shape index (κ2) is 13.2. The number of hydrogen-bond donors (Lipinski definition) is 2. The van der Waals surface area contributed by atoms with Crippen molar-refractivity contribution in [2.75, 3.05) is 30.5 Å². The molecule has 3 aromatic rings. The smallest absolute Gasteiger partial charge is 0.128 e. The van der Waals surface area contributed by atoms with Gasteiger partial charge in [0, 0.05) is 17.6 Å². The van der Waals surface area contributed by atoms with Gasteiger partial charge in [0.1, 0.15) is 23.1 Å². The van der Waals surface area contributed by atoms with Crippen LogP contribution in [0.15, 0.2) is 88.6 Å². The number of aliphatic imine (C=N–C) groups is 1. The summed E-state index contributed by atoms with van der Waals surface area (Å²) in [6.45, 7) is 7.71. The standard InChI is InChI=1S/C27H30ClN3O3/c1-4-32-23-13-7-20(8-14-23)29-19-26(28)27(30-21-9-15-24(16-10-21)33-5-2)31-22-11-17-25(18-12-22)34-6-3/h7-19,30-31H,4-6H2,1-3H3. The minimum Gasteiger partial charge on any atom is -0.494 e. The Morgan fingerprint density at radius 1 is 0.676 bits per heavy atom. The number of ether oxygens (including phenoxy) is 3. The molecule has 0 bridgehead atoms. The highest BCUT2D eigenvalue weighted by Crippen LogP contribution is 2.23. The number of hydrogen-bond acceptors (Lipinski definition) is 6. The van der Waals surface area contributed by atoms with E-state index in [2.05, 4.69) is 15.6 Å². The maximum Gasteiger partial charge on any atom is 0.128 e. The van der Waals surface area contributed by atoms with Crippen LogP contribution in [0.5, 0.6) is 17.2 Å². The third-order valence-corrected chi connectivity index (χ3v) is 4.87. The first-order valence-corrected chi connectivity index (χ1v) is 11.7. The van der Waals surface area contributed by atoms with Gasteiger partial charge in [-0.2, -0.15) is 0 Å². The van der Waals surface area contributed by atoms with Gasteiger partial charge in [0.2, 0.25) is 0 Å². The Kier molecular flexibility index (Phi) is 9.67. The molecule has 0 spiro atoms. The van der Waals surface area contributed by atoms with Gasteiger partial charge in [-0.1, -0.05) is 11.6 Å². The van der Waals surface area contributed by atoms with Crippen LogP contribution in [-0.4, -0.2) is 26.0 Å². The minimum absolute atomic E-state index is 0.414. The average molecular weight is 480 g/mol. The normalized spacial score (nSPS) is 10.6. The molecule has 178 valence electrons. The SMILES string of the molecule is CCOc1ccc(N=CC(Cl)=C(Nc2ccc(OCC)cc2)Nc2ccc(OCC)cc2)cc1. The van der Waals surface area contributed by atoms with E-state index < -0.39 is 0 Å². The molecule has 3 aromatic carbocycles. The van der Waals surface area contributed by atoms with Gasteiger partial charge in [-0.05, 0) is 93.6 Å². The molecule has 0 fully saturated rings. The van der Waals surface area contributed by atoms with Crippen molar-refractivity contribution in [2.45, 2.75) is 20.8 Å². The summed E-state index contributed by atoms with van der Waals surface area (Å²) in [5, 5.41) is 7.09. The molecule has 0 aliphatic rings. The highest BCUT2D eigenvalue weighted by atomic mass is 35.5. The topological polar surface area (TPSA) is 64.1 Å². The molecule has 0 radical (unpaired) electrons. The summed E-state index contributed by atoms with van der Waals surface area (Å²) in [6.07, 6.45) is 1.61. The second-order valence-electron chi connectivity index (χ2n) is 7.07. The predicted octanol–water partition coefficient (Wildman–Crippen LogP) is 7.22. The van der Waals surface area contributed by atoms with E-state index in [0.29, 0.717) is 30.7 Å². The van der Waals surface area contributed by atoms with Crippen LogP contribution in [-0.2, 0) is 0 Å². The molecule has 0 aliphatic heterocycles. The van der Waals surface area contributed by atoms with E-state index in [-0.39, 0.29) is 0 Å². The average Bonchev–Trinajstić information content (AvgIpc) is 2.86. The Morgan fingerprint density at radius 2 is 1.06 bits per heavy atom. The molecule has 0 saturated heterocycles. The maximum atomic E-state index is 6.67. The zero-order valence-corrected chi connectivity index (χ0v) is 20.4. The van der Waals surface area contributed by atoms with E-state index in [4.69, 9.17) is 25.8 Å². The summed E-state index contributed by atoms with van der Waals surface area (Å²) in [5.74, 6) is 3.00. The van der Waals surface area contributed by atoms with Crippen molar-refractivity contribution in [3.05, 3.63) is 83.6 Å². The van der Waals surface area contributed by atoms with Crippen LogP contribution in [0.25, 0.3) is 0 Å². The van der Waals surface area contributed by atoms with Crippen molar-refractivity contribution in [1.82, 2.24) is 0 Å². The summed E-state index contributed by atoms with van der Waals surface area (Å²) in [7, 11) is 0. The van der Waals surface area contributed by atoms with Gasteiger partial charge in [-0.3, -0.25) is 4.99 Å². The minimum atomic E-state index is 0.414. The molecule has 0 atom stereocenters. The molecule has 0 heterocycles. The molecule has 0 saturated carbocycles. The Morgan fingerprint density at radius 3 is 1.44 bits per heavy atom. The molecule has 2 N–H and O–H groups in total. The van der Waals surface area contributed by atoms with Crippen LogP contribution in [0.2, 0.25) is 0 Å². The molecule has 3 rings (SSSR count). The zero-order valence-electron chi connectivity index (χ0n) is 19.7.